The van der Waals surface area contributed by atoms with E-state index >= 15 is 0 Å². The van der Waals surface area contributed by atoms with Crippen molar-refractivity contribution in [2.75, 3.05) is 36.4 Å². The van der Waals surface area contributed by atoms with Crippen molar-refractivity contribution in [3.8, 4) is 0 Å². The molecule has 0 atom stereocenters. The van der Waals surface area contributed by atoms with Gasteiger partial charge < -0.3 is 10.2 Å². The Morgan fingerprint density at radius 3 is 2.39 bits per heavy atom. The summed E-state index contributed by atoms with van der Waals surface area (Å²) in [4.78, 5) is 15.0. The zero-order valence-electron chi connectivity index (χ0n) is 18.6. The van der Waals surface area contributed by atoms with Gasteiger partial charge in [0, 0.05) is 44.2 Å². The predicted octanol–water partition coefficient (Wildman–Crippen LogP) is 5.01. The van der Waals surface area contributed by atoms with E-state index in [1.54, 1.807) is 0 Å². The van der Waals surface area contributed by atoms with Gasteiger partial charge in [0.15, 0.2) is 0 Å². The van der Waals surface area contributed by atoms with Gasteiger partial charge in [-0.1, -0.05) is 61.2 Å². The fraction of sp³-hybridized carbons (Fsp3) is 0.462. The summed E-state index contributed by atoms with van der Waals surface area (Å²) in [7, 11) is 0. The Hall–Kier alpha value is -2.66. The van der Waals surface area contributed by atoms with Crippen LogP contribution >= 0.6 is 0 Å². The van der Waals surface area contributed by atoms with E-state index in [0.717, 1.165) is 61.4 Å². The highest BCUT2D eigenvalue weighted by Gasteiger charge is 2.26. The summed E-state index contributed by atoms with van der Waals surface area (Å²) in [5, 5.41) is 4.66. The summed E-state index contributed by atoms with van der Waals surface area (Å²) in [6, 6.07) is 17.8. The number of aromatic nitrogens is 2. The highest BCUT2D eigenvalue weighted by atomic mass is 15.3. The standard InChI is InChI=1S/C26H33N5/c1-20-11-13-21(14-12-20)19-27-25-23-9-5-6-10-24(23)28-26(29-25)31-17-15-30(16-18-31)22-7-3-2-4-8-22/h5-6,9-14,22H,2-4,7-8,15-19H2,1H3,(H,27,28,29). The quantitative estimate of drug-likeness (QED) is 0.635. The van der Waals surface area contributed by atoms with Crippen molar-refractivity contribution in [2.45, 2.75) is 51.6 Å². The Balaban J connectivity index is 1.32. The molecule has 1 saturated heterocycles. The Morgan fingerprint density at radius 2 is 1.61 bits per heavy atom. The monoisotopic (exact) mass is 415 g/mol. The van der Waals surface area contributed by atoms with Gasteiger partial charge in [0.25, 0.3) is 0 Å². The van der Waals surface area contributed by atoms with Crippen molar-refractivity contribution in [1.82, 2.24) is 14.9 Å². The number of piperazine rings is 1. The predicted molar refractivity (Wildman–Crippen MR) is 129 cm³/mol. The van der Waals surface area contributed by atoms with Gasteiger partial charge in [0.2, 0.25) is 5.95 Å². The van der Waals surface area contributed by atoms with E-state index in [1.165, 1.54) is 43.2 Å². The van der Waals surface area contributed by atoms with Crippen molar-refractivity contribution in [1.29, 1.82) is 0 Å². The van der Waals surface area contributed by atoms with Gasteiger partial charge in [-0.25, -0.2) is 4.98 Å². The van der Waals surface area contributed by atoms with E-state index in [2.05, 4.69) is 70.6 Å². The molecule has 3 aromatic rings. The Bertz CT molecular complexity index is 1000. The maximum Gasteiger partial charge on any atom is 0.227 e. The second-order valence-electron chi connectivity index (χ2n) is 9.04. The van der Waals surface area contributed by atoms with Gasteiger partial charge in [-0.05, 0) is 37.5 Å². The number of anilines is 2. The van der Waals surface area contributed by atoms with Crippen LogP contribution in [0.1, 0.15) is 43.2 Å². The molecule has 1 aromatic heterocycles. The topological polar surface area (TPSA) is 44.3 Å². The average Bonchev–Trinajstić information content (AvgIpc) is 2.84. The third-order valence-corrected chi connectivity index (χ3v) is 6.86. The van der Waals surface area contributed by atoms with Crippen molar-refractivity contribution in [3.63, 3.8) is 0 Å². The number of aryl methyl sites for hydroxylation is 1. The zero-order valence-corrected chi connectivity index (χ0v) is 18.6. The summed E-state index contributed by atoms with van der Waals surface area (Å²) in [6.45, 7) is 7.13. The first kappa shape index (κ1) is 20.3. The van der Waals surface area contributed by atoms with Crippen LogP contribution in [0.2, 0.25) is 0 Å². The molecule has 1 N–H and O–H groups in total. The van der Waals surface area contributed by atoms with Gasteiger partial charge in [-0.3, -0.25) is 4.90 Å². The third-order valence-electron chi connectivity index (χ3n) is 6.86. The van der Waals surface area contributed by atoms with Crippen molar-refractivity contribution >= 4 is 22.7 Å². The van der Waals surface area contributed by atoms with E-state index < -0.39 is 0 Å². The van der Waals surface area contributed by atoms with E-state index in [4.69, 9.17) is 9.97 Å². The summed E-state index contributed by atoms with van der Waals surface area (Å²) >= 11 is 0. The third kappa shape index (κ3) is 4.67. The van der Waals surface area contributed by atoms with Gasteiger partial charge in [-0.2, -0.15) is 4.98 Å². The molecule has 0 amide bonds. The number of rotatable bonds is 5. The second-order valence-corrected chi connectivity index (χ2v) is 9.04. The van der Waals surface area contributed by atoms with E-state index in [1.807, 2.05) is 0 Å². The first-order chi connectivity index (χ1) is 15.3. The summed E-state index contributed by atoms with van der Waals surface area (Å²) in [5.41, 5.74) is 3.55. The molecule has 0 radical (unpaired) electrons. The van der Waals surface area contributed by atoms with E-state index in [-0.39, 0.29) is 0 Å². The number of nitrogens with zero attached hydrogens (tertiary/aromatic N) is 4. The van der Waals surface area contributed by atoms with Crippen molar-refractivity contribution < 1.29 is 0 Å². The maximum absolute atomic E-state index is 4.98. The van der Waals surface area contributed by atoms with E-state index in [0.29, 0.717) is 0 Å². The molecule has 0 unspecified atom stereocenters. The molecule has 5 nitrogen and oxygen atoms in total. The lowest BCUT2D eigenvalue weighted by atomic mass is 9.94. The zero-order chi connectivity index (χ0) is 21.0. The molecule has 2 fully saturated rings. The fourth-order valence-corrected chi connectivity index (χ4v) is 4.97. The molecular weight excluding hydrogens is 382 g/mol. The van der Waals surface area contributed by atoms with Crippen LogP contribution in [0, 0.1) is 6.92 Å². The number of hydrogen-bond acceptors (Lipinski definition) is 5. The van der Waals surface area contributed by atoms with Gasteiger partial charge in [0.05, 0.1) is 5.52 Å². The summed E-state index contributed by atoms with van der Waals surface area (Å²) < 4.78 is 0. The molecule has 5 heteroatoms. The van der Waals surface area contributed by atoms with Gasteiger partial charge in [0.1, 0.15) is 5.82 Å². The molecule has 2 aliphatic rings. The molecule has 0 spiro atoms. The highest BCUT2D eigenvalue weighted by Crippen LogP contribution is 2.27. The molecule has 2 heterocycles. The normalized spacial score (nSPS) is 18.4. The average molecular weight is 416 g/mol. The highest BCUT2D eigenvalue weighted by molar-refractivity contribution is 5.90. The molecule has 0 bridgehead atoms. The van der Waals surface area contributed by atoms with Gasteiger partial charge in [-0.15, -0.1) is 0 Å². The largest absolute Gasteiger partial charge is 0.365 e. The molecule has 5 rings (SSSR count). The van der Waals surface area contributed by atoms with E-state index in [9.17, 15) is 0 Å². The SMILES string of the molecule is Cc1ccc(CNc2nc(N3CCN(C4CCCCC4)CC3)nc3ccccc23)cc1. The number of fused-ring (bicyclic) bond motifs is 1. The van der Waals surface area contributed by atoms with Crippen LogP contribution in [0.15, 0.2) is 48.5 Å². The van der Waals surface area contributed by atoms with Crippen LogP contribution in [0.4, 0.5) is 11.8 Å². The van der Waals surface area contributed by atoms with Crippen LogP contribution < -0.4 is 10.2 Å². The lowest BCUT2D eigenvalue weighted by Crippen LogP contribution is -2.51. The number of benzene rings is 2. The summed E-state index contributed by atoms with van der Waals surface area (Å²) in [6.07, 6.45) is 6.96. The van der Waals surface area contributed by atoms with Crippen molar-refractivity contribution in [3.05, 3.63) is 59.7 Å². The second kappa shape index (κ2) is 9.23. The lowest BCUT2D eigenvalue weighted by Gasteiger charge is -2.40. The first-order valence-electron chi connectivity index (χ1n) is 11.8. The van der Waals surface area contributed by atoms with Crippen molar-refractivity contribution in [2.24, 2.45) is 0 Å². The number of para-hydroxylation sites is 1. The van der Waals surface area contributed by atoms with Crippen LogP contribution in [0.3, 0.4) is 0 Å². The lowest BCUT2D eigenvalue weighted by molar-refractivity contribution is 0.147. The number of hydrogen-bond donors (Lipinski definition) is 1. The first-order valence-corrected chi connectivity index (χ1v) is 11.8. The smallest absolute Gasteiger partial charge is 0.227 e. The molecule has 2 aromatic carbocycles. The van der Waals surface area contributed by atoms with Crippen LogP contribution in [0.5, 0.6) is 0 Å². The molecule has 1 saturated carbocycles. The molecule has 1 aliphatic heterocycles. The van der Waals surface area contributed by atoms with Crippen LogP contribution in [0.25, 0.3) is 10.9 Å². The minimum atomic E-state index is 0.760. The molecule has 31 heavy (non-hydrogen) atoms. The minimum Gasteiger partial charge on any atom is -0.365 e. The molecular formula is C26H33N5. The fourth-order valence-electron chi connectivity index (χ4n) is 4.97. The Labute approximate surface area is 185 Å². The molecule has 1 aliphatic carbocycles. The number of nitrogens with one attached hydrogen (secondary N) is 1. The maximum atomic E-state index is 4.98. The van der Waals surface area contributed by atoms with Crippen LogP contribution in [-0.4, -0.2) is 47.1 Å². The Kier molecular flexibility index (Phi) is 6.03. The minimum absolute atomic E-state index is 0.760. The summed E-state index contributed by atoms with van der Waals surface area (Å²) in [5.74, 6) is 1.78. The van der Waals surface area contributed by atoms with Crippen LogP contribution in [-0.2, 0) is 6.54 Å². The van der Waals surface area contributed by atoms with Gasteiger partial charge >= 0.3 is 0 Å². The molecule has 162 valence electrons. The Morgan fingerprint density at radius 1 is 0.871 bits per heavy atom.